The molecule has 0 atom stereocenters. The lowest BCUT2D eigenvalue weighted by molar-refractivity contribution is 0.311. The smallest absolute Gasteiger partial charge is 0.133 e. The molecule has 23 heavy (non-hydrogen) atoms. The van der Waals surface area contributed by atoms with Crippen LogP contribution in [0.2, 0.25) is 0 Å². The Balaban J connectivity index is 0.00000192. The van der Waals surface area contributed by atoms with Crippen LogP contribution in [0, 0.1) is 0 Å². The number of hydrogen-bond acceptors (Lipinski definition) is 5. The van der Waals surface area contributed by atoms with E-state index in [1.54, 1.807) is 6.20 Å². The van der Waals surface area contributed by atoms with Gasteiger partial charge in [0.15, 0.2) is 0 Å². The van der Waals surface area contributed by atoms with Crippen LogP contribution in [0.3, 0.4) is 0 Å². The number of aromatic nitrogens is 2. The van der Waals surface area contributed by atoms with Crippen LogP contribution in [-0.2, 0) is 13.1 Å². The highest BCUT2D eigenvalue weighted by Gasteiger charge is 2.17. The van der Waals surface area contributed by atoms with Crippen LogP contribution in [0.15, 0.2) is 42.9 Å². The van der Waals surface area contributed by atoms with Gasteiger partial charge in [-0.15, -0.1) is 12.4 Å². The Morgan fingerprint density at radius 2 is 1.83 bits per heavy atom. The van der Waals surface area contributed by atoms with Crippen LogP contribution in [0.1, 0.15) is 11.1 Å². The highest BCUT2D eigenvalue weighted by atomic mass is 35.5. The summed E-state index contributed by atoms with van der Waals surface area (Å²) in [6, 6.07) is 8.24. The summed E-state index contributed by atoms with van der Waals surface area (Å²) in [6.07, 6.45) is 5.59. The molecule has 0 amide bonds. The molecular weight excluding hydrogens is 310 g/mol. The van der Waals surface area contributed by atoms with Gasteiger partial charge in [0.25, 0.3) is 0 Å². The minimum atomic E-state index is 0. The van der Waals surface area contributed by atoms with Crippen molar-refractivity contribution in [3.63, 3.8) is 0 Å². The number of piperazine rings is 1. The second-order valence-corrected chi connectivity index (χ2v) is 5.74. The first-order valence-corrected chi connectivity index (χ1v) is 7.80. The summed E-state index contributed by atoms with van der Waals surface area (Å²) in [5.41, 5.74) is 2.46. The molecule has 1 aliphatic rings. The third-order valence-electron chi connectivity index (χ3n) is 4.04. The van der Waals surface area contributed by atoms with E-state index in [1.807, 2.05) is 24.5 Å². The van der Waals surface area contributed by atoms with Crippen LogP contribution in [0.25, 0.3) is 0 Å². The van der Waals surface area contributed by atoms with Crippen LogP contribution >= 0.6 is 12.4 Å². The third kappa shape index (κ3) is 4.89. The molecule has 5 nitrogen and oxygen atoms in total. The summed E-state index contributed by atoms with van der Waals surface area (Å²) in [4.78, 5) is 13.5. The van der Waals surface area contributed by atoms with Gasteiger partial charge in [0.1, 0.15) is 5.82 Å². The van der Waals surface area contributed by atoms with Crippen LogP contribution in [0.4, 0.5) is 5.82 Å². The van der Waals surface area contributed by atoms with E-state index >= 15 is 0 Å². The Labute approximate surface area is 144 Å². The van der Waals surface area contributed by atoms with Crippen molar-refractivity contribution in [2.75, 3.05) is 38.1 Å². The van der Waals surface area contributed by atoms with Gasteiger partial charge >= 0.3 is 0 Å². The molecule has 0 aliphatic carbocycles. The van der Waals surface area contributed by atoms with Crippen LogP contribution < -0.4 is 10.2 Å². The first-order valence-electron chi connectivity index (χ1n) is 7.80. The molecule has 3 heterocycles. The minimum Gasteiger partial charge on any atom is -0.354 e. The monoisotopic (exact) mass is 333 g/mol. The molecule has 2 aromatic heterocycles. The Bertz CT molecular complexity index is 585. The lowest BCUT2D eigenvalue weighted by Crippen LogP contribution is -2.45. The Kier molecular flexibility index (Phi) is 6.77. The third-order valence-corrected chi connectivity index (χ3v) is 4.04. The Hall–Kier alpha value is -1.69. The zero-order valence-corrected chi connectivity index (χ0v) is 14.3. The maximum absolute atomic E-state index is 4.61. The van der Waals surface area contributed by atoms with Crippen molar-refractivity contribution in [3.8, 4) is 0 Å². The summed E-state index contributed by atoms with van der Waals surface area (Å²) in [5, 5.41) is 3.49. The number of nitrogens with zero attached hydrogens (tertiary/aromatic N) is 4. The molecule has 1 aliphatic heterocycles. The van der Waals surface area contributed by atoms with Gasteiger partial charge in [-0.3, -0.25) is 4.98 Å². The lowest BCUT2D eigenvalue weighted by atomic mass is 10.2. The molecule has 1 saturated heterocycles. The standard InChI is InChI=1S/C17H23N5.ClH/c1-21-8-10-22(11-9-21)17-16(5-3-7-20-17)14-19-13-15-4-2-6-18-12-15;/h2-7,12,19H,8-11,13-14H2,1H3;1H. The zero-order valence-electron chi connectivity index (χ0n) is 13.5. The maximum Gasteiger partial charge on any atom is 0.133 e. The Morgan fingerprint density at radius 1 is 1.04 bits per heavy atom. The predicted octanol–water partition coefficient (Wildman–Crippen LogP) is 1.94. The van der Waals surface area contributed by atoms with E-state index in [-0.39, 0.29) is 12.4 Å². The van der Waals surface area contributed by atoms with Gasteiger partial charge in [-0.25, -0.2) is 4.98 Å². The largest absolute Gasteiger partial charge is 0.354 e. The fourth-order valence-corrected chi connectivity index (χ4v) is 2.72. The van der Waals surface area contributed by atoms with Crippen molar-refractivity contribution in [1.29, 1.82) is 0 Å². The summed E-state index contributed by atoms with van der Waals surface area (Å²) in [7, 11) is 2.17. The fraction of sp³-hybridized carbons (Fsp3) is 0.412. The quantitative estimate of drug-likeness (QED) is 0.906. The van der Waals surface area contributed by atoms with Crippen molar-refractivity contribution in [2.45, 2.75) is 13.1 Å². The molecule has 3 rings (SSSR count). The van der Waals surface area contributed by atoms with Gasteiger partial charge in [0.2, 0.25) is 0 Å². The molecule has 0 unspecified atom stereocenters. The number of anilines is 1. The molecule has 0 radical (unpaired) electrons. The second kappa shape index (κ2) is 8.82. The highest BCUT2D eigenvalue weighted by molar-refractivity contribution is 5.85. The molecule has 0 spiro atoms. The van der Waals surface area contributed by atoms with Crippen LogP contribution in [0.5, 0.6) is 0 Å². The average Bonchev–Trinajstić information content (AvgIpc) is 2.57. The molecule has 2 aromatic rings. The zero-order chi connectivity index (χ0) is 15.2. The van der Waals surface area contributed by atoms with Crippen LogP contribution in [-0.4, -0.2) is 48.1 Å². The summed E-state index contributed by atoms with van der Waals surface area (Å²) in [6.45, 7) is 5.93. The molecule has 1 N–H and O–H groups in total. The molecule has 6 heteroatoms. The van der Waals surface area contributed by atoms with E-state index in [2.05, 4.69) is 44.3 Å². The molecule has 124 valence electrons. The number of halogens is 1. The second-order valence-electron chi connectivity index (χ2n) is 5.74. The van der Waals surface area contributed by atoms with E-state index in [0.29, 0.717) is 0 Å². The number of rotatable bonds is 5. The first-order chi connectivity index (χ1) is 10.8. The topological polar surface area (TPSA) is 44.3 Å². The highest BCUT2D eigenvalue weighted by Crippen LogP contribution is 2.18. The average molecular weight is 334 g/mol. The number of pyridine rings is 2. The van der Waals surface area contributed by atoms with Crippen molar-refractivity contribution in [3.05, 3.63) is 54.0 Å². The van der Waals surface area contributed by atoms with E-state index < -0.39 is 0 Å². The molecule has 0 aromatic carbocycles. The van der Waals surface area contributed by atoms with Gasteiger partial charge in [-0.1, -0.05) is 12.1 Å². The molecule has 1 fully saturated rings. The van der Waals surface area contributed by atoms with Gasteiger partial charge in [0.05, 0.1) is 0 Å². The van der Waals surface area contributed by atoms with E-state index in [1.165, 1.54) is 11.1 Å². The van der Waals surface area contributed by atoms with Gasteiger partial charge < -0.3 is 15.1 Å². The van der Waals surface area contributed by atoms with E-state index in [4.69, 9.17) is 0 Å². The van der Waals surface area contributed by atoms with Gasteiger partial charge in [-0.2, -0.15) is 0 Å². The summed E-state index contributed by atoms with van der Waals surface area (Å²) in [5.74, 6) is 1.12. The number of hydrogen-bond donors (Lipinski definition) is 1. The molecular formula is C17H24ClN5. The van der Waals surface area contributed by atoms with Crippen molar-refractivity contribution in [1.82, 2.24) is 20.2 Å². The minimum absolute atomic E-state index is 0. The van der Waals surface area contributed by atoms with Gasteiger partial charge in [-0.05, 0) is 24.7 Å². The first kappa shape index (κ1) is 17.7. The SMILES string of the molecule is CN1CCN(c2ncccc2CNCc2cccnc2)CC1.Cl. The fourth-order valence-electron chi connectivity index (χ4n) is 2.72. The van der Waals surface area contributed by atoms with E-state index in [9.17, 15) is 0 Å². The van der Waals surface area contributed by atoms with Gasteiger partial charge in [0, 0.05) is 63.4 Å². The van der Waals surface area contributed by atoms with E-state index in [0.717, 1.165) is 45.1 Å². The lowest BCUT2D eigenvalue weighted by Gasteiger charge is -2.34. The van der Waals surface area contributed by atoms with Crippen molar-refractivity contribution < 1.29 is 0 Å². The predicted molar refractivity (Wildman–Crippen MR) is 96.0 cm³/mol. The summed E-state index contributed by atoms with van der Waals surface area (Å²) >= 11 is 0. The van der Waals surface area contributed by atoms with Crippen molar-refractivity contribution >= 4 is 18.2 Å². The summed E-state index contributed by atoms with van der Waals surface area (Å²) < 4.78 is 0. The number of likely N-dealkylation sites (N-methyl/N-ethyl adjacent to an activating group) is 1. The normalized spacial score (nSPS) is 15.3. The maximum atomic E-state index is 4.61. The Morgan fingerprint density at radius 3 is 2.57 bits per heavy atom. The van der Waals surface area contributed by atoms with Crippen molar-refractivity contribution in [2.24, 2.45) is 0 Å². The molecule has 0 saturated carbocycles. The molecule has 0 bridgehead atoms. The number of nitrogens with one attached hydrogen (secondary N) is 1.